The zero-order valence-electron chi connectivity index (χ0n) is 10.5. The summed E-state index contributed by atoms with van der Waals surface area (Å²) in [5, 5.41) is 9.07. The van der Waals surface area contributed by atoms with Gasteiger partial charge in [-0.05, 0) is 12.1 Å². The molecule has 0 saturated carbocycles. The van der Waals surface area contributed by atoms with Crippen LogP contribution in [0, 0.1) is 0 Å². The first-order valence-corrected chi connectivity index (χ1v) is 6.52. The summed E-state index contributed by atoms with van der Waals surface area (Å²) >= 11 is 12.5. The number of nitrogens with two attached hydrogens (primary N) is 1. The molecular formula is C13H10Cl2N4O. The topological polar surface area (TPSA) is 69.9 Å². The number of benzene rings is 1. The van der Waals surface area contributed by atoms with Gasteiger partial charge >= 0.3 is 0 Å². The first-order chi connectivity index (χ1) is 9.58. The molecule has 7 heteroatoms. The van der Waals surface area contributed by atoms with Crippen molar-refractivity contribution < 1.29 is 4.52 Å². The molecular weight excluding hydrogens is 299 g/mol. The van der Waals surface area contributed by atoms with Gasteiger partial charge in [0.15, 0.2) is 0 Å². The predicted molar refractivity (Wildman–Crippen MR) is 78.6 cm³/mol. The van der Waals surface area contributed by atoms with Crippen molar-refractivity contribution in [3.63, 3.8) is 0 Å². The van der Waals surface area contributed by atoms with Crippen molar-refractivity contribution in [3.05, 3.63) is 40.6 Å². The van der Waals surface area contributed by atoms with Crippen LogP contribution in [0.2, 0.25) is 10.0 Å². The highest BCUT2D eigenvalue weighted by atomic mass is 35.5. The molecule has 2 heterocycles. The SMILES string of the molecule is Cn1cc(-c2noc(N)c2-c2c(Cl)cccc2Cl)cn1. The second kappa shape index (κ2) is 4.85. The van der Waals surface area contributed by atoms with Gasteiger partial charge in [-0.25, -0.2) is 0 Å². The minimum atomic E-state index is 0.166. The molecule has 20 heavy (non-hydrogen) atoms. The molecule has 0 unspecified atom stereocenters. The lowest BCUT2D eigenvalue weighted by Gasteiger charge is -2.06. The molecule has 0 fully saturated rings. The van der Waals surface area contributed by atoms with Crippen molar-refractivity contribution in [2.75, 3.05) is 5.73 Å². The van der Waals surface area contributed by atoms with Gasteiger partial charge in [-0.3, -0.25) is 4.68 Å². The molecule has 0 amide bonds. The summed E-state index contributed by atoms with van der Waals surface area (Å²) in [6.07, 6.45) is 3.48. The Hall–Kier alpha value is -1.98. The van der Waals surface area contributed by atoms with Gasteiger partial charge in [0.2, 0.25) is 5.88 Å². The summed E-state index contributed by atoms with van der Waals surface area (Å²) in [4.78, 5) is 0. The summed E-state index contributed by atoms with van der Waals surface area (Å²) in [7, 11) is 1.81. The van der Waals surface area contributed by atoms with Gasteiger partial charge in [-0.15, -0.1) is 0 Å². The maximum atomic E-state index is 6.23. The van der Waals surface area contributed by atoms with E-state index in [1.165, 1.54) is 0 Å². The van der Waals surface area contributed by atoms with E-state index < -0.39 is 0 Å². The number of rotatable bonds is 2. The molecule has 1 aromatic carbocycles. The highest BCUT2D eigenvalue weighted by Gasteiger charge is 2.22. The molecule has 3 rings (SSSR count). The Morgan fingerprint density at radius 1 is 1.20 bits per heavy atom. The molecule has 0 atom stereocenters. The monoisotopic (exact) mass is 308 g/mol. The molecule has 2 N–H and O–H groups in total. The fourth-order valence-electron chi connectivity index (χ4n) is 2.02. The van der Waals surface area contributed by atoms with Crippen LogP contribution in [0.5, 0.6) is 0 Å². The third-order valence-electron chi connectivity index (χ3n) is 2.91. The van der Waals surface area contributed by atoms with Gasteiger partial charge in [0.25, 0.3) is 0 Å². The standard InChI is InChI=1S/C13H10Cl2N4O/c1-19-6-7(5-17-19)12-11(13(16)20-18-12)10-8(14)3-2-4-9(10)15/h2-6H,16H2,1H3. The zero-order chi connectivity index (χ0) is 14.3. The van der Waals surface area contributed by atoms with E-state index in [1.807, 2.05) is 13.2 Å². The summed E-state index contributed by atoms with van der Waals surface area (Å²) in [6, 6.07) is 5.24. The molecule has 3 aromatic rings. The van der Waals surface area contributed by atoms with Crippen LogP contribution in [-0.4, -0.2) is 14.9 Å². The lowest BCUT2D eigenvalue weighted by atomic mass is 10.0. The summed E-state index contributed by atoms with van der Waals surface area (Å²) < 4.78 is 6.76. The highest BCUT2D eigenvalue weighted by molar-refractivity contribution is 6.39. The van der Waals surface area contributed by atoms with Crippen LogP contribution in [-0.2, 0) is 7.05 Å². The maximum Gasteiger partial charge on any atom is 0.230 e. The first kappa shape index (κ1) is 13.0. The number of hydrogen-bond donors (Lipinski definition) is 1. The van der Waals surface area contributed by atoms with Gasteiger partial charge in [-0.1, -0.05) is 34.4 Å². The largest absolute Gasteiger partial charge is 0.367 e. The smallest absolute Gasteiger partial charge is 0.230 e. The number of nitrogens with zero attached hydrogens (tertiary/aromatic N) is 3. The van der Waals surface area contributed by atoms with Crippen molar-refractivity contribution >= 4 is 29.1 Å². The van der Waals surface area contributed by atoms with Crippen molar-refractivity contribution in [1.29, 1.82) is 0 Å². The average Bonchev–Trinajstić information content (AvgIpc) is 2.97. The average molecular weight is 309 g/mol. The molecule has 0 spiro atoms. The molecule has 0 aliphatic rings. The van der Waals surface area contributed by atoms with E-state index in [9.17, 15) is 0 Å². The van der Waals surface area contributed by atoms with Crippen molar-refractivity contribution in [3.8, 4) is 22.4 Å². The Morgan fingerprint density at radius 2 is 1.90 bits per heavy atom. The number of aryl methyl sites for hydroxylation is 1. The van der Waals surface area contributed by atoms with E-state index in [0.29, 0.717) is 26.9 Å². The van der Waals surface area contributed by atoms with E-state index in [1.54, 1.807) is 29.1 Å². The van der Waals surface area contributed by atoms with Crippen molar-refractivity contribution in [2.45, 2.75) is 0 Å². The van der Waals surface area contributed by atoms with Gasteiger partial charge in [0.1, 0.15) is 5.69 Å². The Bertz CT molecular complexity index is 758. The lowest BCUT2D eigenvalue weighted by molar-refractivity contribution is 0.439. The molecule has 2 aromatic heterocycles. The predicted octanol–water partition coefficient (Wildman–Crippen LogP) is 3.63. The quantitative estimate of drug-likeness (QED) is 0.784. The number of nitrogen functional groups attached to an aromatic ring is 1. The van der Waals surface area contributed by atoms with E-state index in [0.717, 1.165) is 5.56 Å². The van der Waals surface area contributed by atoms with E-state index in [4.69, 9.17) is 33.5 Å². The van der Waals surface area contributed by atoms with Crippen LogP contribution >= 0.6 is 23.2 Å². The lowest BCUT2D eigenvalue weighted by Crippen LogP contribution is -1.89. The van der Waals surface area contributed by atoms with Gasteiger partial charge < -0.3 is 10.3 Å². The van der Waals surface area contributed by atoms with Gasteiger partial charge in [-0.2, -0.15) is 5.10 Å². The number of anilines is 1. The summed E-state index contributed by atoms with van der Waals surface area (Å²) in [5.41, 5.74) is 8.40. The molecule has 0 bridgehead atoms. The maximum absolute atomic E-state index is 6.23. The fraction of sp³-hybridized carbons (Fsp3) is 0.0769. The Labute approximate surface area is 124 Å². The second-order valence-electron chi connectivity index (χ2n) is 4.27. The third kappa shape index (κ3) is 2.05. The minimum absolute atomic E-state index is 0.166. The molecule has 0 aliphatic carbocycles. The van der Waals surface area contributed by atoms with E-state index >= 15 is 0 Å². The Kier molecular flexibility index (Phi) is 3.16. The summed E-state index contributed by atoms with van der Waals surface area (Å²) in [6.45, 7) is 0. The fourth-order valence-corrected chi connectivity index (χ4v) is 2.61. The normalized spacial score (nSPS) is 10.9. The van der Waals surface area contributed by atoms with Gasteiger partial charge in [0.05, 0.1) is 21.8 Å². The number of hydrogen-bond acceptors (Lipinski definition) is 4. The third-order valence-corrected chi connectivity index (χ3v) is 3.54. The van der Waals surface area contributed by atoms with Crippen molar-refractivity contribution in [2.24, 2.45) is 7.05 Å². The van der Waals surface area contributed by atoms with Crippen LogP contribution in [0.3, 0.4) is 0 Å². The Morgan fingerprint density at radius 3 is 2.50 bits per heavy atom. The van der Waals surface area contributed by atoms with Crippen molar-refractivity contribution in [1.82, 2.24) is 14.9 Å². The molecule has 0 aliphatic heterocycles. The number of halogens is 2. The van der Waals surface area contributed by atoms with Gasteiger partial charge in [0, 0.05) is 24.4 Å². The summed E-state index contributed by atoms with van der Waals surface area (Å²) in [5.74, 6) is 0.166. The minimum Gasteiger partial charge on any atom is -0.367 e. The second-order valence-corrected chi connectivity index (χ2v) is 5.08. The Balaban J connectivity index is 2.27. The molecule has 0 saturated heterocycles. The van der Waals surface area contributed by atoms with Crippen LogP contribution in [0.15, 0.2) is 35.1 Å². The first-order valence-electron chi connectivity index (χ1n) is 5.76. The molecule has 0 radical (unpaired) electrons. The van der Waals surface area contributed by atoms with E-state index in [2.05, 4.69) is 10.3 Å². The van der Waals surface area contributed by atoms with Crippen LogP contribution in [0.25, 0.3) is 22.4 Å². The van der Waals surface area contributed by atoms with Crippen LogP contribution < -0.4 is 5.73 Å². The highest BCUT2D eigenvalue weighted by Crippen LogP contribution is 2.42. The van der Waals surface area contributed by atoms with E-state index in [-0.39, 0.29) is 5.88 Å². The number of aromatic nitrogens is 3. The van der Waals surface area contributed by atoms with Crippen LogP contribution in [0.1, 0.15) is 0 Å². The zero-order valence-corrected chi connectivity index (χ0v) is 12.0. The molecule has 5 nitrogen and oxygen atoms in total. The molecule has 102 valence electrons. The van der Waals surface area contributed by atoms with Crippen LogP contribution in [0.4, 0.5) is 5.88 Å².